The van der Waals surface area contributed by atoms with E-state index in [0.29, 0.717) is 6.42 Å². The van der Waals surface area contributed by atoms with Crippen molar-refractivity contribution in [2.75, 3.05) is 13.1 Å². The van der Waals surface area contributed by atoms with Gasteiger partial charge in [0.15, 0.2) is 0 Å². The fourth-order valence-corrected chi connectivity index (χ4v) is 0.639. The summed E-state index contributed by atoms with van der Waals surface area (Å²) in [7, 11) is 0. The molecule has 0 saturated carbocycles. The van der Waals surface area contributed by atoms with E-state index in [1.54, 1.807) is 6.92 Å². The highest BCUT2D eigenvalue weighted by Crippen LogP contribution is 1.86. The summed E-state index contributed by atoms with van der Waals surface area (Å²) >= 11 is 0. The van der Waals surface area contributed by atoms with E-state index >= 15 is 0 Å². The second-order valence-corrected chi connectivity index (χ2v) is 2.16. The van der Waals surface area contributed by atoms with Gasteiger partial charge in [-0.1, -0.05) is 6.92 Å². The Morgan fingerprint density at radius 1 is 1.56 bits per heavy atom. The zero-order valence-corrected chi connectivity index (χ0v) is 6.24. The molecule has 2 heteroatoms. The summed E-state index contributed by atoms with van der Waals surface area (Å²) in [5.74, 6) is 0.285. The van der Waals surface area contributed by atoms with Crippen LogP contribution in [0.15, 0.2) is 0 Å². The molecule has 0 heterocycles. The third-order valence-electron chi connectivity index (χ3n) is 1.13. The number of hydrogen-bond acceptors (Lipinski definition) is 2. The highest BCUT2D eigenvalue weighted by Gasteiger charge is 1.90. The molecule has 0 unspecified atom stereocenters. The van der Waals surface area contributed by atoms with Crippen LogP contribution in [0, 0.1) is 0 Å². The van der Waals surface area contributed by atoms with E-state index in [0.717, 1.165) is 19.5 Å². The zero-order chi connectivity index (χ0) is 7.11. The molecule has 0 aliphatic rings. The number of nitrogens with one attached hydrogen (secondary N) is 1. The maximum absolute atomic E-state index is 10.4. The van der Waals surface area contributed by atoms with Crippen LogP contribution in [0.1, 0.15) is 26.7 Å². The fourth-order valence-electron chi connectivity index (χ4n) is 0.639. The van der Waals surface area contributed by atoms with Crippen molar-refractivity contribution in [2.24, 2.45) is 0 Å². The number of Topliss-reactive ketones (excluding diaryl/α,β-unsaturated/α-hetero) is 1. The number of carbonyl (C=O) groups excluding carboxylic acids is 1. The maximum atomic E-state index is 10.4. The van der Waals surface area contributed by atoms with Crippen LogP contribution in [-0.2, 0) is 4.79 Å². The molecular formula is C7H15NO. The minimum Gasteiger partial charge on any atom is -0.317 e. The van der Waals surface area contributed by atoms with Crippen LogP contribution < -0.4 is 5.32 Å². The first kappa shape index (κ1) is 8.63. The topological polar surface area (TPSA) is 29.1 Å². The predicted octanol–water partition coefficient (Wildman–Crippen LogP) is 0.965. The Balaban J connectivity index is 2.83. The Kier molecular flexibility index (Phi) is 5.52. The first-order valence-corrected chi connectivity index (χ1v) is 3.47. The van der Waals surface area contributed by atoms with Gasteiger partial charge in [-0.15, -0.1) is 0 Å². The average molecular weight is 129 g/mol. The van der Waals surface area contributed by atoms with Crippen molar-refractivity contribution in [1.82, 2.24) is 5.32 Å². The molecule has 2 nitrogen and oxygen atoms in total. The standard InChI is InChI=1S/C7H15NO/c1-3-8-6-4-5-7(2)9/h8H,3-6H2,1-2H3. The molecule has 0 fully saturated rings. The van der Waals surface area contributed by atoms with Crippen molar-refractivity contribution in [3.8, 4) is 0 Å². The Hall–Kier alpha value is -0.370. The molecule has 0 aromatic heterocycles. The van der Waals surface area contributed by atoms with E-state index in [1.165, 1.54) is 0 Å². The van der Waals surface area contributed by atoms with Crippen molar-refractivity contribution in [3.05, 3.63) is 0 Å². The van der Waals surface area contributed by atoms with Crippen LogP contribution in [0.3, 0.4) is 0 Å². The van der Waals surface area contributed by atoms with Crippen LogP contribution in [0.5, 0.6) is 0 Å². The maximum Gasteiger partial charge on any atom is 0.129 e. The monoisotopic (exact) mass is 129 g/mol. The lowest BCUT2D eigenvalue weighted by molar-refractivity contribution is -0.117. The normalized spacial score (nSPS) is 9.56. The largest absolute Gasteiger partial charge is 0.317 e. The van der Waals surface area contributed by atoms with Crippen molar-refractivity contribution < 1.29 is 4.79 Å². The van der Waals surface area contributed by atoms with Crippen LogP contribution in [0.2, 0.25) is 0 Å². The third-order valence-corrected chi connectivity index (χ3v) is 1.13. The summed E-state index contributed by atoms with van der Waals surface area (Å²) in [6.45, 7) is 5.66. The Morgan fingerprint density at radius 3 is 2.67 bits per heavy atom. The van der Waals surface area contributed by atoms with Gasteiger partial charge in [-0.05, 0) is 26.4 Å². The SMILES string of the molecule is CCNCCCC(C)=O. The number of ketones is 1. The smallest absolute Gasteiger partial charge is 0.129 e. The van der Waals surface area contributed by atoms with Gasteiger partial charge in [0.2, 0.25) is 0 Å². The number of hydrogen-bond donors (Lipinski definition) is 1. The van der Waals surface area contributed by atoms with Gasteiger partial charge in [-0.2, -0.15) is 0 Å². The van der Waals surface area contributed by atoms with E-state index in [2.05, 4.69) is 12.2 Å². The van der Waals surface area contributed by atoms with E-state index < -0.39 is 0 Å². The van der Waals surface area contributed by atoms with Crippen molar-refractivity contribution >= 4 is 5.78 Å². The summed E-state index contributed by atoms with van der Waals surface area (Å²) < 4.78 is 0. The summed E-state index contributed by atoms with van der Waals surface area (Å²) in [6.07, 6.45) is 1.69. The molecule has 0 aromatic rings. The molecule has 0 spiro atoms. The van der Waals surface area contributed by atoms with E-state index in [9.17, 15) is 4.79 Å². The highest BCUT2D eigenvalue weighted by atomic mass is 16.1. The second-order valence-electron chi connectivity index (χ2n) is 2.16. The van der Waals surface area contributed by atoms with E-state index in [-0.39, 0.29) is 5.78 Å². The molecule has 0 aliphatic carbocycles. The van der Waals surface area contributed by atoms with Gasteiger partial charge in [-0.25, -0.2) is 0 Å². The quantitative estimate of drug-likeness (QED) is 0.560. The van der Waals surface area contributed by atoms with Gasteiger partial charge in [-0.3, -0.25) is 0 Å². The average Bonchev–Trinajstić information content (AvgIpc) is 1.80. The molecule has 0 aromatic carbocycles. The van der Waals surface area contributed by atoms with Crippen LogP contribution in [0.4, 0.5) is 0 Å². The van der Waals surface area contributed by atoms with Gasteiger partial charge in [0.25, 0.3) is 0 Å². The molecule has 0 bridgehead atoms. The Morgan fingerprint density at radius 2 is 2.22 bits per heavy atom. The van der Waals surface area contributed by atoms with Gasteiger partial charge in [0, 0.05) is 6.42 Å². The number of carbonyl (C=O) groups is 1. The summed E-state index contributed by atoms with van der Waals surface area (Å²) in [5, 5.41) is 3.15. The summed E-state index contributed by atoms with van der Waals surface area (Å²) in [5.41, 5.74) is 0. The molecule has 0 atom stereocenters. The predicted molar refractivity (Wildman–Crippen MR) is 38.5 cm³/mol. The van der Waals surface area contributed by atoms with Gasteiger partial charge >= 0.3 is 0 Å². The zero-order valence-electron chi connectivity index (χ0n) is 6.24. The molecule has 9 heavy (non-hydrogen) atoms. The van der Waals surface area contributed by atoms with Crippen LogP contribution in [0.25, 0.3) is 0 Å². The van der Waals surface area contributed by atoms with Gasteiger partial charge in [0.05, 0.1) is 0 Å². The van der Waals surface area contributed by atoms with Gasteiger partial charge < -0.3 is 10.1 Å². The first-order chi connectivity index (χ1) is 4.27. The fraction of sp³-hybridized carbons (Fsp3) is 0.857. The second kappa shape index (κ2) is 5.76. The first-order valence-electron chi connectivity index (χ1n) is 3.47. The Bertz CT molecular complexity index is 81.0. The lowest BCUT2D eigenvalue weighted by atomic mass is 10.2. The summed E-state index contributed by atoms with van der Waals surface area (Å²) in [4.78, 5) is 10.4. The lowest BCUT2D eigenvalue weighted by Crippen LogP contribution is -2.14. The molecule has 0 amide bonds. The van der Waals surface area contributed by atoms with Crippen LogP contribution >= 0.6 is 0 Å². The van der Waals surface area contributed by atoms with Gasteiger partial charge in [0.1, 0.15) is 5.78 Å². The van der Waals surface area contributed by atoms with E-state index in [4.69, 9.17) is 0 Å². The molecule has 0 aliphatic heterocycles. The molecule has 0 radical (unpaired) electrons. The van der Waals surface area contributed by atoms with E-state index in [1.807, 2.05) is 0 Å². The summed E-state index contributed by atoms with van der Waals surface area (Å²) in [6, 6.07) is 0. The van der Waals surface area contributed by atoms with Crippen molar-refractivity contribution in [2.45, 2.75) is 26.7 Å². The third kappa shape index (κ3) is 7.63. The minimum atomic E-state index is 0.285. The molecule has 1 N–H and O–H groups in total. The molecule has 0 rings (SSSR count). The van der Waals surface area contributed by atoms with Crippen LogP contribution in [-0.4, -0.2) is 18.9 Å². The lowest BCUT2D eigenvalue weighted by Gasteiger charge is -1.97. The molecule has 0 saturated heterocycles. The van der Waals surface area contributed by atoms with Crippen molar-refractivity contribution in [3.63, 3.8) is 0 Å². The number of rotatable bonds is 5. The highest BCUT2D eigenvalue weighted by molar-refractivity contribution is 5.75. The molecular weight excluding hydrogens is 114 g/mol. The van der Waals surface area contributed by atoms with Crippen molar-refractivity contribution in [1.29, 1.82) is 0 Å². The molecule has 54 valence electrons. The Labute approximate surface area is 56.6 Å². The minimum absolute atomic E-state index is 0.285.